The average molecular weight is 429 g/mol. The SMILES string of the molecule is CC(C)N(C(=O)OC(C)(C)C)[C@@H](C)c1nc2ccc(B3OC(C)(C)C(C)(C)O3)cc2[nH]1. The minimum atomic E-state index is -0.560. The van der Waals surface area contributed by atoms with Crippen LogP contribution in [0.3, 0.4) is 0 Å². The third-order valence-corrected chi connectivity index (χ3v) is 6.02. The standard InChI is InChI=1S/C23H36BN3O4/c1-14(2)27(20(28)29-21(4,5)6)15(3)19-25-17-12-11-16(13-18(17)26-19)24-30-22(7,8)23(9,10)31-24/h11-15H,1-10H3,(H,25,26)/t15-/m0/s1. The van der Waals surface area contributed by atoms with E-state index in [1.54, 1.807) is 4.90 Å². The van der Waals surface area contributed by atoms with Crippen molar-refractivity contribution in [1.29, 1.82) is 0 Å². The summed E-state index contributed by atoms with van der Waals surface area (Å²) in [7, 11) is -0.438. The van der Waals surface area contributed by atoms with E-state index >= 15 is 0 Å². The molecule has 3 rings (SSSR count). The van der Waals surface area contributed by atoms with E-state index in [0.29, 0.717) is 5.82 Å². The summed E-state index contributed by atoms with van der Waals surface area (Å²) in [6, 6.07) is 5.62. The second-order valence-corrected chi connectivity index (χ2v) is 10.6. The van der Waals surface area contributed by atoms with Crippen molar-refractivity contribution in [2.24, 2.45) is 0 Å². The number of nitrogens with zero attached hydrogens (tertiary/aromatic N) is 2. The van der Waals surface area contributed by atoms with Gasteiger partial charge < -0.3 is 19.0 Å². The molecular formula is C23H36BN3O4. The fourth-order valence-electron chi connectivity index (χ4n) is 3.63. The van der Waals surface area contributed by atoms with Crippen LogP contribution in [0.25, 0.3) is 11.0 Å². The van der Waals surface area contributed by atoms with Crippen LogP contribution in [-0.2, 0) is 14.0 Å². The van der Waals surface area contributed by atoms with Crippen molar-refractivity contribution < 1.29 is 18.8 Å². The number of amides is 1. The Hall–Kier alpha value is -2.06. The molecule has 0 saturated carbocycles. The van der Waals surface area contributed by atoms with Gasteiger partial charge >= 0.3 is 13.2 Å². The Morgan fingerprint density at radius 1 is 1.13 bits per heavy atom. The zero-order chi connectivity index (χ0) is 23.4. The highest BCUT2D eigenvalue weighted by Crippen LogP contribution is 2.36. The number of rotatable bonds is 4. The summed E-state index contributed by atoms with van der Waals surface area (Å²) in [4.78, 5) is 22.6. The molecule has 0 radical (unpaired) electrons. The van der Waals surface area contributed by atoms with Crippen LogP contribution < -0.4 is 5.46 Å². The molecule has 0 bridgehead atoms. The lowest BCUT2D eigenvalue weighted by atomic mass is 9.79. The van der Waals surface area contributed by atoms with Gasteiger partial charge in [0.25, 0.3) is 0 Å². The first-order chi connectivity index (χ1) is 14.1. The molecule has 0 unspecified atom stereocenters. The molecule has 1 aliphatic heterocycles. The molecule has 1 saturated heterocycles. The zero-order valence-corrected chi connectivity index (χ0v) is 20.5. The van der Waals surface area contributed by atoms with Gasteiger partial charge in [-0.15, -0.1) is 0 Å². The summed E-state index contributed by atoms with van der Waals surface area (Å²) >= 11 is 0. The van der Waals surface area contributed by atoms with Gasteiger partial charge in [-0.3, -0.25) is 4.90 Å². The summed E-state index contributed by atoms with van der Waals surface area (Å²) < 4.78 is 18.0. The molecule has 1 fully saturated rings. The van der Waals surface area contributed by atoms with E-state index in [0.717, 1.165) is 16.5 Å². The minimum Gasteiger partial charge on any atom is -0.444 e. The maximum Gasteiger partial charge on any atom is 0.494 e. The van der Waals surface area contributed by atoms with Crippen LogP contribution in [0.5, 0.6) is 0 Å². The topological polar surface area (TPSA) is 76.7 Å². The van der Waals surface area contributed by atoms with Gasteiger partial charge in [0, 0.05) is 6.04 Å². The second kappa shape index (κ2) is 7.82. The van der Waals surface area contributed by atoms with Crippen LogP contribution in [0, 0.1) is 0 Å². The van der Waals surface area contributed by atoms with Gasteiger partial charge in [-0.25, -0.2) is 9.78 Å². The lowest BCUT2D eigenvalue weighted by molar-refractivity contribution is 0.00578. The van der Waals surface area contributed by atoms with Crippen LogP contribution in [0.15, 0.2) is 18.2 Å². The number of imidazole rings is 1. The van der Waals surface area contributed by atoms with Crippen LogP contribution >= 0.6 is 0 Å². The molecular weight excluding hydrogens is 393 g/mol. The Kier molecular flexibility index (Phi) is 5.95. The fourth-order valence-corrected chi connectivity index (χ4v) is 3.63. The molecule has 1 amide bonds. The van der Waals surface area contributed by atoms with Crippen LogP contribution in [0.1, 0.15) is 81.1 Å². The molecule has 0 aliphatic carbocycles. The number of aromatic nitrogens is 2. The van der Waals surface area contributed by atoms with E-state index in [4.69, 9.17) is 19.0 Å². The van der Waals surface area contributed by atoms with Gasteiger partial charge in [-0.05, 0) is 86.8 Å². The summed E-state index contributed by atoms with van der Waals surface area (Å²) in [5.41, 5.74) is 1.28. The lowest BCUT2D eigenvalue weighted by Gasteiger charge is -2.33. The maximum atomic E-state index is 12.8. The molecule has 2 aromatic rings. The molecule has 1 N–H and O–H groups in total. The van der Waals surface area contributed by atoms with E-state index in [9.17, 15) is 4.79 Å². The lowest BCUT2D eigenvalue weighted by Crippen LogP contribution is -2.42. The monoisotopic (exact) mass is 429 g/mol. The first-order valence-corrected chi connectivity index (χ1v) is 11.0. The average Bonchev–Trinajstić information content (AvgIpc) is 3.10. The first kappa shape index (κ1) is 23.6. The van der Waals surface area contributed by atoms with E-state index in [-0.39, 0.29) is 18.2 Å². The molecule has 31 heavy (non-hydrogen) atoms. The van der Waals surface area contributed by atoms with E-state index < -0.39 is 23.9 Å². The number of aromatic amines is 1. The Morgan fingerprint density at radius 2 is 1.71 bits per heavy atom. The van der Waals surface area contributed by atoms with Crippen LogP contribution in [-0.4, -0.2) is 50.9 Å². The van der Waals surface area contributed by atoms with Crippen molar-refractivity contribution in [2.75, 3.05) is 0 Å². The van der Waals surface area contributed by atoms with Crippen molar-refractivity contribution in [3.05, 3.63) is 24.0 Å². The number of H-pyrrole nitrogens is 1. The van der Waals surface area contributed by atoms with Crippen molar-refractivity contribution in [3.8, 4) is 0 Å². The van der Waals surface area contributed by atoms with E-state index in [1.165, 1.54) is 0 Å². The number of ether oxygens (including phenoxy) is 1. The third kappa shape index (κ3) is 4.75. The number of carbonyl (C=O) groups is 1. The molecule has 2 heterocycles. The van der Waals surface area contributed by atoms with Gasteiger partial charge in [0.15, 0.2) is 0 Å². The molecule has 1 aliphatic rings. The summed E-state index contributed by atoms with van der Waals surface area (Å²) in [5, 5.41) is 0. The summed E-state index contributed by atoms with van der Waals surface area (Å²) in [6.45, 7) is 19.7. The second-order valence-electron chi connectivity index (χ2n) is 10.6. The number of hydrogen-bond acceptors (Lipinski definition) is 5. The number of carbonyl (C=O) groups excluding carboxylic acids is 1. The summed E-state index contributed by atoms with van der Waals surface area (Å²) in [5.74, 6) is 0.709. The highest BCUT2D eigenvalue weighted by atomic mass is 16.7. The maximum absolute atomic E-state index is 12.8. The molecule has 1 aromatic heterocycles. The van der Waals surface area contributed by atoms with E-state index in [1.807, 2.05) is 87.4 Å². The molecule has 1 atom stereocenters. The van der Waals surface area contributed by atoms with Crippen LogP contribution in [0.4, 0.5) is 4.79 Å². The molecule has 1 aromatic carbocycles. The molecule has 8 heteroatoms. The molecule has 0 spiro atoms. The van der Waals surface area contributed by atoms with Gasteiger partial charge in [0.1, 0.15) is 11.4 Å². The third-order valence-electron chi connectivity index (χ3n) is 6.02. The van der Waals surface area contributed by atoms with Gasteiger partial charge in [-0.2, -0.15) is 0 Å². The Balaban J connectivity index is 1.88. The van der Waals surface area contributed by atoms with Gasteiger partial charge in [0.05, 0.1) is 28.3 Å². The largest absolute Gasteiger partial charge is 0.494 e. The first-order valence-electron chi connectivity index (χ1n) is 11.0. The van der Waals surface area contributed by atoms with Gasteiger partial charge in [0.2, 0.25) is 0 Å². The summed E-state index contributed by atoms with van der Waals surface area (Å²) in [6.07, 6.45) is -0.353. The number of benzene rings is 1. The van der Waals surface area contributed by atoms with Crippen molar-refractivity contribution in [2.45, 2.75) is 98.1 Å². The van der Waals surface area contributed by atoms with E-state index in [2.05, 4.69) is 4.98 Å². The fraction of sp³-hybridized carbons (Fsp3) is 0.652. The smallest absolute Gasteiger partial charge is 0.444 e. The highest BCUT2D eigenvalue weighted by molar-refractivity contribution is 6.62. The van der Waals surface area contributed by atoms with Crippen molar-refractivity contribution in [3.63, 3.8) is 0 Å². The van der Waals surface area contributed by atoms with Crippen LogP contribution in [0.2, 0.25) is 0 Å². The number of fused-ring (bicyclic) bond motifs is 1. The van der Waals surface area contributed by atoms with Crippen molar-refractivity contribution >= 4 is 29.7 Å². The Labute approximate surface area is 186 Å². The number of hydrogen-bond donors (Lipinski definition) is 1. The highest BCUT2D eigenvalue weighted by Gasteiger charge is 2.51. The number of nitrogens with one attached hydrogen (secondary N) is 1. The molecule has 7 nitrogen and oxygen atoms in total. The van der Waals surface area contributed by atoms with Gasteiger partial charge in [-0.1, -0.05) is 6.07 Å². The normalized spacial score (nSPS) is 19.1. The predicted octanol–water partition coefficient (Wildman–Crippen LogP) is 4.57. The minimum absolute atomic E-state index is 0.0432. The Morgan fingerprint density at radius 3 is 2.23 bits per heavy atom. The molecule has 170 valence electrons. The predicted molar refractivity (Wildman–Crippen MR) is 123 cm³/mol. The zero-order valence-electron chi connectivity index (χ0n) is 20.5. The quantitative estimate of drug-likeness (QED) is 0.721. The van der Waals surface area contributed by atoms with Crippen molar-refractivity contribution in [1.82, 2.24) is 14.9 Å². The Bertz CT molecular complexity index is 945.